The number of carbonyl (C=O) groups is 3. The number of para-hydroxylation sites is 1. The number of aliphatic hydroxyl groups excluding tert-OH is 1. The highest BCUT2D eigenvalue weighted by Crippen LogP contribution is 2.30. The van der Waals surface area contributed by atoms with E-state index in [2.05, 4.69) is 25.8 Å². The van der Waals surface area contributed by atoms with Crippen molar-refractivity contribution in [2.75, 3.05) is 43.4 Å². The molecule has 1 saturated heterocycles. The third-order valence-corrected chi connectivity index (χ3v) is 11.7. The van der Waals surface area contributed by atoms with E-state index in [-0.39, 0.29) is 48.2 Å². The number of likely N-dealkylation sites (tertiary alicyclic amines) is 1. The van der Waals surface area contributed by atoms with Crippen molar-refractivity contribution in [1.82, 2.24) is 20.5 Å². The van der Waals surface area contributed by atoms with Crippen LogP contribution in [0.5, 0.6) is 5.75 Å². The topological polar surface area (TPSA) is 176 Å². The Labute approximate surface area is 373 Å². The number of nitrogens with zero attached hydrogens (tertiary/aromatic N) is 2. The van der Waals surface area contributed by atoms with E-state index in [9.17, 15) is 29.4 Å². The van der Waals surface area contributed by atoms with E-state index in [0.717, 1.165) is 46.6 Å². The van der Waals surface area contributed by atoms with Crippen LogP contribution in [0.2, 0.25) is 0 Å². The molecule has 1 aliphatic rings. The Kier molecular flexibility index (Phi) is 15.2. The predicted octanol–water partition coefficient (Wildman–Crippen LogP) is 7.08. The summed E-state index contributed by atoms with van der Waals surface area (Å²) in [6.07, 6.45) is 1.13. The Bertz CT molecular complexity index is 2590. The summed E-state index contributed by atoms with van der Waals surface area (Å²) in [5, 5.41) is 31.0. The number of phenols is 1. The second-order valence-corrected chi connectivity index (χ2v) is 16.4. The van der Waals surface area contributed by atoms with Gasteiger partial charge in [-0.3, -0.25) is 19.7 Å². The number of ether oxygens (including phenoxy) is 1. The minimum Gasteiger partial charge on any atom is -0.506 e. The molecule has 5 aromatic carbocycles. The molecule has 0 spiro atoms. The normalized spacial score (nSPS) is 14.1. The van der Waals surface area contributed by atoms with Gasteiger partial charge in [0.2, 0.25) is 17.4 Å². The van der Waals surface area contributed by atoms with Crippen LogP contribution in [-0.4, -0.2) is 83.4 Å². The van der Waals surface area contributed by atoms with Gasteiger partial charge in [0.05, 0.1) is 23.7 Å². The highest BCUT2D eigenvalue weighted by atomic mass is 16.6. The summed E-state index contributed by atoms with van der Waals surface area (Å²) in [7, 11) is 1.77. The number of rotatable bonds is 17. The number of hydrogen-bond acceptors (Lipinski definition) is 9. The van der Waals surface area contributed by atoms with Gasteiger partial charge in [-0.05, 0) is 84.3 Å². The summed E-state index contributed by atoms with van der Waals surface area (Å²) in [4.78, 5) is 57.2. The zero-order chi connectivity index (χ0) is 45.0. The first-order valence-electron chi connectivity index (χ1n) is 21.8. The first kappa shape index (κ1) is 45.2. The molecule has 13 heteroatoms. The Hall–Kier alpha value is -6.80. The van der Waals surface area contributed by atoms with E-state index in [1.54, 1.807) is 24.1 Å². The van der Waals surface area contributed by atoms with Crippen LogP contribution in [0, 0.1) is 0 Å². The number of piperidine rings is 1. The van der Waals surface area contributed by atoms with Gasteiger partial charge >= 0.3 is 6.09 Å². The fourth-order valence-electron chi connectivity index (χ4n) is 8.12. The zero-order valence-corrected chi connectivity index (χ0v) is 36.3. The smallest absolute Gasteiger partial charge is 0.411 e. The Morgan fingerprint density at radius 3 is 2.38 bits per heavy atom. The fourth-order valence-corrected chi connectivity index (χ4v) is 8.12. The standard InChI is InChI=1S/C51H56N6O7/c1-34(52-33-46(59)42-19-21-45(58)50-43(42)20-22-47(60)55-50)29-36-9-8-10-37(30-36)31-48(61)53-32-35-15-17-39(18-16-35)56(2)49(62)25-28-57-26-23-40(24-27-57)64-51(63)54-44-14-7-6-13-41(44)38-11-4-3-5-12-38/h3-22,30,34,40,46,52,58-59H,23-29,31-33H2,1-2H3,(H,53,61)(H,54,63)(H,55,60)/t34-,46+/m1/s1. The van der Waals surface area contributed by atoms with E-state index in [1.807, 2.05) is 110 Å². The van der Waals surface area contributed by atoms with Gasteiger partial charge in [-0.1, -0.05) is 91.0 Å². The van der Waals surface area contributed by atoms with E-state index < -0.39 is 12.2 Å². The molecule has 0 radical (unpaired) electrons. The first-order chi connectivity index (χ1) is 31.0. The molecule has 1 aromatic heterocycles. The lowest BCUT2D eigenvalue weighted by atomic mass is 10.0. The number of hydrogen-bond donors (Lipinski definition) is 6. The molecular weight excluding hydrogens is 809 g/mol. The molecule has 6 N–H and O–H groups in total. The second kappa shape index (κ2) is 21.5. The molecular formula is C51H56N6O7. The maximum absolute atomic E-state index is 13.2. The Balaban J connectivity index is 0.790. The highest BCUT2D eigenvalue weighted by Gasteiger charge is 2.24. The highest BCUT2D eigenvalue weighted by molar-refractivity contribution is 5.93. The number of nitrogens with one attached hydrogen (secondary N) is 4. The molecule has 0 saturated carbocycles. The van der Waals surface area contributed by atoms with Gasteiger partial charge < -0.3 is 40.4 Å². The van der Waals surface area contributed by atoms with Crippen LogP contribution >= 0.6 is 0 Å². The number of fused-ring (bicyclic) bond motifs is 1. The number of carbonyl (C=O) groups excluding carboxylic acids is 3. The van der Waals surface area contributed by atoms with Crippen molar-refractivity contribution in [3.8, 4) is 16.9 Å². The maximum Gasteiger partial charge on any atom is 0.411 e. The molecule has 0 unspecified atom stereocenters. The van der Waals surface area contributed by atoms with Crippen LogP contribution in [0.1, 0.15) is 54.5 Å². The van der Waals surface area contributed by atoms with E-state index in [0.29, 0.717) is 60.9 Å². The zero-order valence-electron chi connectivity index (χ0n) is 36.3. The Morgan fingerprint density at radius 1 is 0.859 bits per heavy atom. The van der Waals surface area contributed by atoms with Crippen molar-refractivity contribution in [1.29, 1.82) is 0 Å². The first-order valence-corrected chi connectivity index (χ1v) is 21.8. The SMILES string of the molecule is C[C@H](Cc1cccc(CC(=O)NCc2ccc(N(C)C(=O)CCN3CCC(OC(=O)Nc4ccccc4-c4ccccc4)CC3)cc2)c1)NC[C@H](O)c1ccc(O)c2[nH]c(=O)ccc12. The number of pyridine rings is 1. The minimum atomic E-state index is -0.863. The summed E-state index contributed by atoms with van der Waals surface area (Å²) in [6.45, 7) is 4.73. The van der Waals surface area contributed by atoms with Gasteiger partial charge in [0.1, 0.15) is 11.9 Å². The quantitative estimate of drug-likeness (QED) is 0.0560. The van der Waals surface area contributed by atoms with Crippen LogP contribution in [0.15, 0.2) is 132 Å². The number of anilines is 2. The largest absolute Gasteiger partial charge is 0.506 e. The molecule has 0 aliphatic carbocycles. The number of benzene rings is 5. The molecule has 1 fully saturated rings. The third kappa shape index (κ3) is 12.2. The molecule has 1 aliphatic heterocycles. The van der Waals surface area contributed by atoms with Crippen molar-refractivity contribution < 1.29 is 29.3 Å². The van der Waals surface area contributed by atoms with Crippen molar-refractivity contribution in [3.63, 3.8) is 0 Å². The average molecular weight is 865 g/mol. The van der Waals surface area contributed by atoms with Crippen LogP contribution < -0.4 is 26.4 Å². The fraction of sp³-hybridized carbons (Fsp3) is 0.294. The van der Waals surface area contributed by atoms with Crippen molar-refractivity contribution >= 4 is 40.2 Å². The summed E-state index contributed by atoms with van der Waals surface area (Å²) < 4.78 is 5.78. The Morgan fingerprint density at radius 2 is 1.59 bits per heavy atom. The van der Waals surface area contributed by atoms with E-state index >= 15 is 0 Å². The van der Waals surface area contributed by atoms with Crippen LogP contribution in [0.4, 0.5) is 16.2 Å². The van der Waals surface area contributed by atoms with E-state index in [1.165, 1.54) is 12.1 Å². The van der Waals surface area contributed by atoms with Crippen LogP contribution in [0.3, 0.4) is 0 Å². The third-order valence-electron chi connectivity index (χ3n) is 11.7. The molecule has 0 bridgehead atoms. The van der Waals surface area contributed by atoms with Gasteiger partial charge in [0.25, 0.3) is 0 Å². The molecule has 3 amide bonds. The molecule has 13 nitrogen and oxygen atoms in total. The predicted molar refractivity (Wildman–Crippen MR) is 250 cm³/mol. The van der Waals surface area contributed by atoms with Gasteiger partial charge in [-0.2, -0.15) is 0 Å². The number of H-pyrrole nitrogens is 1. The summed E-state index contributed by atoms with van der Waals surface area (Å²) >= 11 is 0. The number of phenolic OH excluding ortho intramolecular Hbond substituents is 1. The van der Waals surface area contributed by atoms with Gasteiger partial charge in [0, 0.05) is 74.9 Å². The average Bonchev–Trinajstić information content (AvgIpc) is 3.30. The molecule has 332 valence electrons. The monoisotopic (exact) mass is 864 g/mol. The van der Waals surface area contributed by atoms with Gasteiger partial charge in [0.15, 0.2) is 0 Å². The van der Waals surface area contributed by atoms with Crippen molar-refractivity contribution in [2.24, 2.45) is 0 Å². The number of amides is 3. The van der Waals surface area contributed by atoms with E-state index in [4.69, 9.17) is 4.74 Å². The van der Waals surface area contributed by atoms with Crippen molar-refractivity contribution in [3.05, 3.63) is 160 Å². The van der Waals surface area contributed by atoms with Gasteiger partial charge in [-0.25, -0.2) is 4.79 Å². The lowest BCUT2D eigenvalue weighted by molar-refractivity contribution is -0.120. The van der Waals surface area contributed by atoms with Crippen LogP contribution in [-0.2, 0) is 33.7 Å². The lowest BCUT2D eigenvalue weighted by Gasteiger charge is -2.31. The molecule has 2 atom stereocenters. The molecule has 6 aromatic rings. The molecule has 64 heavy (non-hydrogen) atoms. The maximum atomic E-state index is 13.2. The second-order valence-electron chi connectivity index (χ2n) is 16.4. The number of aromatic amines is 1. The molecule has 7 rings (SSSR count). The van der Waals surface area contributed by atoms with Crippen molar-refractivity contribution in [2.45, 2.75) is 63.8 Å². The summed E-state index contributed by atoms with van der Waals surface area (Å²) in [5.74, 6) is -0.154. The number of aromatic hydroxyl groups is 1. The summed E-state index contributed by atoms with van der Waals surface area (Å²) in [5.41, 5.74) is 6.84. The number of aromatic nitrogens is 1. The lowest BCUT2D eigenvalue weighted by Crippen LogP contribution is -2.40. The molecule has 2 heterocycles. The summed E-state index contributed by atoms with van der Waals surface area (Å²) in [6, 6.07) is 39.2. The van der Waals surface area contributed by atoms with Crippen LogP contribution in [0.25, 0.3) is 22.0 Å². The number of aliphatic hydroxyl groups is 1. The minimum absolute atomic E-state index is 0.00302. The van der Waals surface area contributed by atoms with Gasteiger partial charge in [-0.15, -0.1) is 0 Å².